The lowest BCUT2D eigenvalue weighted by atomic mass is 9.94. The zero-order valence-corrected chi connectivity index (χ0v) is 21.5. The summed E-state index contributed by atoms with van der Waals surface area (Å²) in [5.41, 5.74) is 0.206. The van der Waals surface area contributed by atoms with Gasteiger partial charge in [-0.1, -0.05) is 33.8 Å². The number of amides is 2. The molecule has 0 aliphatic carbocycles. The molecule has 1 aromatic carbocycles. The summed E-state index contributed by atoms with van der Waals surface area (Å²) in [6.07, 6.45) is 3.09. The second-order valence-corrected chi connectivity index (χ2v) is 10.7. The van der Waals surface area contributed by atoms with Crippen molar-refractivity contribution in [3.05, 3.63) is 29.8 Å². The largest absolute Gasteiger partial charge is 0.493 e. The fourth-order valence-electron chi connectivity index (χ4n) is 4.99. The predicted octanol–water partition coefficient (Wildman–Crippen LogP) is 3.26. The summed E-state index contributed by atoms with van der Waals surface area (Å²) in [4.78, 5) is 41.8. The number of carboxylic acids is 1. The van der Waals surface area contributed by atoms with Crippen LogP contribution in [0.1, 0.15) is 63.7 Å². The zero-order chi connectivity index (χ0) is 25.5. The second-order valence-electron chi connectivity index (χ2n) is 10.7. The number of carboxylic acid groups (broad SMARTS) is 1. The van der Waals surface area contributed by atoms with Gasteiger partial charge in [0.05, 0.1) is 18.2 Å². The van der Waals surface area contributed by atoms with E-state index < -0.39 is 12.0 Å². The number of hydrogen-bond acceptors (Lipinski definition) is 5. The SMILES string of the molecule is CC(C)CC1NCCN(C(CC(C)C)C(=O)N2CCC(COc3cccc(C(=O)O)c3)CC2)C1=O. The van der Waals surface area contributed by atoms with E-state index in [1.54, 1.807) is 18.2 Å². The lowest BCUT2D eigenvalue weighted by molar-refractivity contribution is -0.150. The highest BCUT2D eigenvalue weighted by Crippen LogP contribution is 2.24. The van der Waals surface area contributed by atoms with Crippen molar-refractivity contribution in [3.63, 3.8) is 0 Å². The molecule has 0 aromatic heterocycles. The van der Waals surface area contributed by atoms with Crippen molar-refractivity contribution in [2.24, 2.45) is 17.8 Å². The third kappa shape index (κ3) is 7.43. The molecule has 8 heteroatoms. The van der Waals surface area contributed by atoms with Crippen molar-refractivity contribution in [1.82, 2.24) is 15.1 Å². The van der Waals surface area contributed by atoms with Crippen LogP contribution in [0, 0.1) is 17.8 Å². The zero-order valence-electron chi connectivity index (χ0n) is 21.5. The average molecular weight is 488 g/mol. The van der Waals surface area contributed by atoms with Crippen LogP contribution in [0.15, 0.2) is 24.3 Å². The summed E-state index contributed by atoms with van der Waals surface area (Å²) < 4.78 is 5.86. The Hall–Kier alpha value is -2.61. The van der Waals surface area contributed by atoms with Crippen LogP contribution in [0.3, 0.4) is 0 Å². The molecule has 2 atom stereocenters. The number of carbonyl (C=O) groups excluding carboxylic acids is 2. The number of piperidine rings is 1. The molecule has 2 unspecified atom stereocenters. The Kier molecular flexibility index (Phi) is 9.55. The molecule has 35 heavy (non-hydrogen) atoms. The first-order valence-electron chi connectivity index (χ1n) is 12.9. The minimum absolute atomic E-state index is 0.0517. The average Bonchev–Trinajstić information content (AvgIpc) is 2.82. The number of nitrogens with one attached hydrogen (secondary N) is 1. The number of rotatable bonds is 10. The molecule has 2 fully saturated rings. The van der Waals surface area contributed by atoms with E-state index in [9.17, 15) is 14.4 Å². The Balaban J connectivity index is 1.57. The van der Waals surface area contributed by atoms with Crippen LogP contribution in [0.4, 0.5) is 0 Å². The molecule has 2 heterocycles. The normalized spacial score (nSPS) is 20.4. The van der Waals surface area contributed by atoms with Crippen LogP contribution in [0.2, 0.25) is 0 Å². The summed E-state index contributed by atoms with van der Waals surface area (Å²) in [6.45, 7) is 11.5. The van der Waals surface area contributed by atoms with Crippen LogP contribution in [0.5, 0.6) is 5.75 Å². The van der Waals surface area contributed by atoms with Crippen LogP contribution in [-0.2, 0) is 9.59 Å². The Bertz CT molecular complexity index is 879. The summed E-state index contributed by atoms with van der Waals surface area (Å²) >= 11 is 0. The van der Waals surface area contributed by atoms with Gasteiger partial charge in [-0.15, -0.1) is 0 Å². The van der Waals surface area contributed by atoms with E-state index in [0.29, 0.717) is 62.7 Å². The molecule has 2 amide bonds. The third-order valence-electron chi connectivity index (χ3n) is 6.88. The number of carbonyl (C=O) groups is 3. The summed E-state index contributed by atoms with van der Waals surface area (Å²) in [6, 6.07) is 5.89. The van der Waals surface area contributed by atoms with E-state index in [0.717, 1.165) is 19.3 Å². The Labute approximate surface area is 209 Å². The minimum atomic E-state index is -0.975. The molecule has 0 bridgehead atoms. The fourth-order valence-corrected chi connectivity index (χ4v) is 4.99. The molecule has 0 radical (unpaired) electrons. The van der Waals surface area contributed by atoms with Gasteiger partial charge in [0, 0.05) is 26.2 Å². The highest BCUT2D eigenvalue weighted by Gasteiger charge is 2.39. The van der Waals surface area contributed by atoms with Crippen LogP contribution < -0.4 is 10.1 Å². The highest BCUT2D eigenvalue weighted by atomic mass is 16.5. The molecule has 0 saturated carbocycles. The third-order valence-corrected chi connectivity index (χ3v) is 6.88. The lowest BCUT2D eigenvalue weighted by Crippen LogP contribution is -2.62. The number of likely N-dealkylation sites (tertiary alicyclic amines) is 1. The quantitative estimate of drug-likeness (QED) is 0.526. The summed E-state index contributed by atoms with van der Waals surface area (Å²) in [5, 5.41) is 12.5. The van der Waals surface area contributed by atoms with Crippen molar-refractivity contribution in [1.29, 1.82) is 0 Å². The number of benzene rings is 1. The maximum atomic E-state index is 13.6. The second kappa shape index (κ2) is 12.4. The molecule has 2 N–H and O–H groups in total. The summed E-state index contributed by atoms with van der Waals surface area (Å²) in [5.74, 6) is 0.699. The van der Waals surface area contributed by atoms with E-state index >= 15 is 0 Å². The molecular weight excluding hydrogens is 446 g/mol. The first-order chi connectivity index (χ1) is 16.7. The number of nitrogens with zero attached hydrogens (tertiary/aromatic N) is 2. The number of aromatic carboxylic acids is 1. The van der Waals surface area contributed by atoms with Gasteiger partial charge in [0.25, 0.3) is 0 Å². The molecule has 2 aliphatic rings. The first-order valence-corrected chi connectivity index (χ1v) is 12.9. The molecule has 2 aliphatic heterocycles. The molecule has 3 rings (SSSR count). The molecule has 1 aromatic rings. The number of hydrogen-bond donors (Lipinski definition) is 2. The maximum Gasteiger partial charge on any atom is 0.335 e. The van der Waals surface area contributed by atoms with Crippen LogP contribution in [0.25, 0.3) is 0 Å². The molecule has 0 spiro atoms. The van der Waals surface area contributed by atoms with Gasteiger partial charge in [-0.05, 0) is 61.6 Å². The topological polar surface area (TPSA) is 99.2 Å². The lowest BCUT2D eigenvalue weighted by Gasteiger charge is -2.42. The Morgan fingerprint density at radius 1 is 1.11 bits per heavy atom. The van der Waals surface area contributed by atoms with E-state index in [2.05, 4.69) is 33.0 Å². The predicted molar refractivity (Wildman–Crippen MR) is 134 cm³/mol. The van der Waals surface area contributed by atoms with Gasteiger partial charge in [-0.2, -0.15) is 0 Å². The maximum absolute atomic E-state index is 13.6. The van der Waals surface area contributed by atoms with Gasteiger partial charge >= 0.3 is 5.97 Å². The molecule has 2 saturated heterocycles. The number of ether oxygens (including phenoxy) is 1. The highest BCUT2D eigenvalue weighted by molar-refractivity contribution is 5.90. The standard InChI is InChI=1S/C27H41N3O5/c1-18(2)14-23-25(31)30(13-10-28-23)24(15-19(3)4)26(32)29-11-8-20(9-12-29)17-35-22-7-5-6-21(16-22)27(33)34/h5-7,16,18-20,23-24,28H,8-15,17H2,1-4H3,(H,33,34). The van der Waals surface area contributed by atoms with Gasteiger partial charge in [0.1, 0.15) is 11.8 Å². The fraction of sp³-hybridized carbons (Fsp3) is 0.667. The van der Waals surface area contributed by atoms with E-state index in [-0.39, 0.29) is 23.4 Å². The van der Waals surface area contributed by atoms with Crippen molar-refractivity contribution in [2.45, 2.75) is 65.5 Å². The summed E-state index contributed by atoms with van der Waals surface area (Å²) in [7, 11) is 0. The molecule has 8 nitrogen and oxygen atoms in total. The van der Waals surface area contributed by atoms with Crippen molar-refractivity contribution in [2.75, 3.05) is 32.8 Å². The van der Waals surface area contributed by atoms with E-state index in [1.165, 1.54) is 6.07 Å². The van der Waals surface area contributed by atoms with E-state index in [4.69, 9.17) is 9.84 Å². The van der Waals surface area contributed by atoms with Crippen LogP contribution in [-0.4, -0.2) is 77.6 Å². The van der Waals surface area contributed by atoms with Crippen LogP contribution >= 0.6 is 0 Å². The first kappa shape index (κ1) is 27.0. The van der Waals surface area contributed by atoms with Gasteiger partial charge in [0.15, 0.2) is 0 Å². The molecular formula is C27H41N3O5. The number of piperazine rings is 1. The smallest absolute Gasteiger partial charge is 0.335 e. The Morgan fingerprint density at radius 2 is 1.83 bits per heavy atom. The van der Waals surface area contributed by atoms with Gasteiger partial charge in [-0.25, -0.2) is 4.79 Å². The van der Waals surface area contributed by atoms with Crippen molar-refractivity contribution < 1.29 is 24.2 Å². The van der Waals surface area contributed by atoms with E-state index in [1.807, 2.05) is 9.80 Å². The Morgan fingerprint density at radius 3 is 2.46 bits per heavy atom. The van der Waals surface area contributed by atoms with Gasteiger partial charge in [0.2, 0.25) is 11.8 Å². The molecule has 194 valence electrons. The van der Waals surface area contributed by atoms with Crippen molar-refractivity contribution >= 4 is 17.8 Å². The van der Waals surface area contributed by atoms with Crippen molar-refractivity contribution in [3.8, 4) is 5.75 Å². The minimum Gasteiger partial charge on any atom is -0.493 e. The van der Waals surface area contributed by atoms with Gasteiger partial charge in [-0.3, -0.25) is 9.59 Å². The monoisotopic (exact) mass is 487 g/mol. The van der Waals surface area contributed by atoms with Gasteiger partial charge < -0.3 is 25.0 Å².